The molecule has 2 aromatic rings. The monoisotopic (exact) mass is 204 g/mol. The van der Waals surface area contributed by atoms with Gasteiger partial charge < -0.3 is 9.55 Å². The zero-order valence-corrected chi connectivity index (χ0v) is 9.59. The van der Waals surface area contributed by atoms with Gasteiger partial charge in [0.15, 0.2) is 0 Å². The van der Waals surface area contributed by atoms with Crippen molar-refractivity contribution >= 4 is 10.9 Å². The van der Waals surface area contributed by atoms with Crippen molar-refractivity contribution in [1.82, 2.24) is 9.55 Å². The molecule has 0 fully saturated rings. The lowest BCUT2D eigenvalue weighted by Crippen LogP contribution is -2.21. The number of aromatic nitrogens is 2. The van der Waals surface area contributed by atoms with E-state index in [0.717, 1.165) is 5.39 Å². The number of hydrogen-bond acceptors (Lipinski definition) is 1. The summed E-state index contributed by atoms with van der Waals surface area (Å²) in [5, 5.41) is 1.03. The summed E-state index contributed by atoms with van der Waals surface area (Å²) in [5.41, 5.74) is 1.97. The Bertz CT molecular complexity index is 555. The Morgan fingerprint density at radius 1 is 1.33 bits per heavy atom. The summed E-state index contributed by atoms with van der Waals surface area (Å²) >= 11 is 0. The minimum atomic E-state index is 0.0306. The van der Waals surface area contributed by atoms with Crippen molar-refractivity contribution in [3.63, 3.8) is 0 Å². The van der Waals surface area contributed by atoms with Gasteiger partial charge in [-0.05, 0) is 17.0 Å². The summed E-state index contributed by atoms with van der Waals surface area (Å²) in [4.78, 5) is 14.8. The van der Waals surface area contributed by atoms with Gasteiger partial charge in [0, 0.05) is 24.8 Å². The predicted octanol–water partition coefficient (Wildman–Crippen LogP) is 2.16. The van der Waals surface area contributed by atoms with E-state index in [1.165, 1.54) is 5.56 Å². The van der Waals surface area contributed by atoms with Crippen LogP contribution >= 0.6 is 0 Å². The molecule has 0 saturated carbocycles. The summed E-state index contributed by atoms with van der Waals surface area (Å²) in [6.45, 7) is 6.46. The second-order valence-electron chi connectivity index (χ2n) is 4.98. The summed E-state index contributed by atoms with van der Waals surface area (Å²) < 4.78 is 1.64. The molecule has 0 aromatic carbocycles. The lowest BCUT2D eigenvalue weighted by Gasteiger charge is -2.20. The molecule has 0 radical (unpaired) electrons. The Kier molecular flexibility index (Phi) is 2.00. The maximum absolute atomic E-state index is 11.8. The van der Waals surface area contributed by atoms with Gasteiger partial charge in [-0.2, -0.15) is 0 Å². The normalized spacial score (nSPS) is 12.3. The topological polar surface area (TPSA) is 37.8 Å². The number of aryl methyl sites for hydroxylation is 1. The highest BCUT2D eigenvalue weighted by Crippen LogP contribution is 2.27. The summed E-state index contributed by atoms with van der Waals surface area (Å²) in [7, 11) is 1.79. The minimum absolute atomic E-state index is 0.0306. The third-order valence-electron chi connectivity index (χ3n) is 2.70. The molecule has 0 aliphatic rings. The van der Waals surface area contributed by atoms with E-state index < -0.39 is 0 Å². The van der Waals surface area contributed by atoms with Crippen molar-refractivity contribution < 1.29 is 0 Å². The van der Waals surface area contributed by atoms with Crippen LogP contribution in [0.1, 0.15) is 26.3 Å². The van der Waals surface area contributed by atoms with E-state index in [2.05, 4.69) is 25.8 Å². The molecule has 0 unspecified atom stereocenters. The van der Waals surface area contributed by atoms with Crippen LogP contribution in [-0.2, 0) is 12.5 Å². The number of nitrogens with one attached hydrogen (secondary N) is 1. The average molecular weight is 204 g/mol. The zero-order valence-electron chi connectivity index (χ0n) is 9.59. The summed E-state index contributed by atoms with van der Waals surface area (Å²) in [6.07, 6.45) is 3.75. The lowest BCUT2D eigenvalue weighted by molar-refractivity contribution is 0.587. The van der Waals surface area contributed by atoms with Gasteiger partial charge in [0.05, 0.1) is 0 Å². The fourth-order valence-electron chi connectivity index (χ4n) is 1.87. The molecule has 2 aromatic heterocycles. The molecule has 1 N–H and O–H groups in total. The number of pyridine rings is 1. The van der Waals surface area contributed by atoms with Crippen molar-refractivity contribution in [1.29, 1.82) is 0 Å². The third kappa shape index (κ3) is 1.48. The Labute approximate surface area is 88.7 Å². The fourth-order valence-corrected chi connectivity index (χ4v) is 1.87. The number of aromatic amines is 1. The number of H-pyrrole nitrogens is 1. The molecule has 3 nitrogen and oxygen atoms in total. The van der Waals surface area contributed by atoms with E-state index in [1.807, 2.05) is 18.5 Å². The molecule has 0 atom stereocenters. The van der Waals surface area contributed by atoms with Crippen LogP contribution in [0.4, 0.5) is 0 Å². The van der Waals surface area contributed by atoms with E-state index in [1.54, 1.807) is 11.6 Å². The van der Waals surface area contributed by atoms with Crippen LogP contribution in [0.15, 0.2) is 23.3 Å². The van der Waals surface area contributed by atoms with Crippen LogP contribution in [0.2, 0.25) is 0 Å². The Hall–Kier alpha value is -1.51. The van der Waals surface area contributed by atoms with Gasteiger partial charge in [-0.1, -0.05) is 20.8 Å². The SMILES string of the molecule is Cn1cc(C(C)(C)C)c2cc[nH]c2c1=O. The second kappa shape index (κ2) is 2.99. The van der Waals surface area contributed by atoms with Crippen LogP contribution in [0.25, 0.3) is 10.9 Å². The second-order valence-corrected chi connectivity index (χ2v) is 4.98. The summed E-state index contributed by atoms with van der Waals surface area (Å²) in [5.74, 6) is 0. The van der Waals surface area contributed by atoms with Gasteiger partial charge in [0.1, 0.15) is 5.52 Å². The van der Waals surface area contributed by atoms with Crippen LogP contribution in [0, 0.1) is 0 Å². The maximum Gasteiger partial charge on any atom is 0.274 e. The molecule has 0 saturated heterocycles. The Morgan fingerprint density at radius 2 is 2.00 bits per heavy atom. The number of rotatable bonds is 0. The first-order chi connectivity index (χ1) is 6.91. The van der Waals surface area contributed by atoms with E-state index in [4.69, 9.17) is 0 Å². The van der Waals surface area contributed by atoms with E-state index >= 15 is 0 Å². The van der Waals surface area contributed by atoms with Crippen LogP contribution in [0.5, 0.6) is 0 Å². The van der Waals surface area contributed by atoms with Crippen molar-refractivity contribution in [2.24, 2.45) is 7.05 Å². The highest BCUT2D eigenvalue weighted by atomic mass is 16.1. The first-order valence-electron chi connectivity index (χ1n) is 5.08. The Morgan fingerprint density at radius 3 is 2.60 bits per heavy atom. The molecule has 0 bridgehead atoms. The maximum atomic E-state index is 11.8. The first kappa shape index (κ1) is 10.0. The molecule has 15 heavy (non-hydrogen) atoms. The van der Waals surface area contributed by atoms with E-state index in [0.29, 0.717) is 5.52 Å². The molecule has 2 rings (SSSR count). The average Bonchev–Trinajstić information content (AvgIpc) is 2.57. The fraction of sp³-hybridized carbons (Fsp3) is 0.417. The van der Waals surface area contributed by atoms with Crippen LogP contribution in [-0.4, -0.2) is 9.55 Å². The van der Waals surface area contributed by atoms with Crippen molar-refractivity contribution in [3.05, 3.63) is 34.4 Å². The van der Waals surface area contributed by atoms with Gasteiger partial charge in [0.25, 0.3) is 5.56 Å². The number of fused-ring (bicyclic) bond motifs is 1. The summed E-state index contributed by atoms with van der Waals surface area (Å²) in [6, 6.07) is 1.97. The highest BCUT2D eigenvalue weighted by molar-refractivity contribution is 5.82. The zero-order chi connectivity index (χ0) is 11.2. The van der Waals surface area contributed by atoms with Gasteiger partial charge >= 0.3 is 0 Å². The molecule has 0 spiro atoms. The van der Waals surface area contributed by atoms with E-state index in [9.17, 15) is 4.79 Å². The molecule has 3 heteroatoms. The highest BCUT2D eigenvalue weighted by Gasteiger charge is 2.19. The molecule has 80 valence electrons. The minimum Gasteiger partial charge on any atom is -0.357 e. The van der Waals surface area contributed by atoms with Gasteiger partial charge in [-0.3, -0.25) is 4.79 Å². The van der Waals surface area contributed by atoms with E-state index in [-0.39, 0.29) is 11.0 Å². The van der Waals surface area contributed by atoms with Gasteiger partial charge in [-0.15, -0.1) is 0 Å². The van der Waals surface area contributed by atoms with Crippen LogP contribution < -0.4 is 5.56 Å². The standard InChI is InChI=1S/C12H16N2O/c1-12(2,3)9-7-14(4)11(15)10-8(9)5-6-13-10/h5-7,13H,1-4H3. The van der Waals surface area contributed by atoms with Crippen molar-refractivity contribution in [2.75, 3.05) is 0 Å². The molecule has 0 aliphatic carbocycles. The largest absolute Gasteiger partial charge is 0.357 e. The molecular formula is C12H16N2O. The smallest absolute Gasteiger partial charge is 0.274 e. The first-order valence-corrected chi connectivity index (χ1v) is 5.08. The quantitative estimate of drug-likeness (QED) is 0.701. The molecule has 0 amide bonds. The molecular weight excluding hydrogens is 188 g/mol. The van der Waals surface area contributed by atoms with Crippen molar-refractivity contribution in [3.8, 4) is 0 Å². The number of nitrogens with zero attached hydrogens (tertiary/aromatic N) is 1. The Balaban J connectivity index is 2.93. The van der Waals surface area contributed by atoms with Gasteiger partial charge in [0.2, 0.25) is 0 Å². The van der Waals surface area contributed by atoms with Gasteiger partial charge in [-0.25, -0.2) is 0 Å². The lowest BCUT2D eigenvalue weighted by atomic mass is 9.86. The third-order valence-corrected chi connectivity index (χ3v) is 2.70. The molecule has 2 heterocycles. The predicted molar refractivity (Wildman–Crippen MR) is 62.2 cm³/mol. The van der Waals surface area contributed by atoms with Crippen LogP contribution in [0.3, 0.4) is 0 Å². The van der Waals surface area contributed by atoms with Crippen molar-refractivity contribution in [2.45, 2.75) is 26.2 Å². The molecule has 0 aliphatic heterocycles. The number of hydrogen-bond donors (Lipinski definition) is 1.